The smallest absolute Gasteiger partial charge is 0.308 e. The van der Waals surface area contributed by atoms with Crippen molar-refractivity contribution in [2.75, 3.05) is 6.54 Å². The lowest BCUT2D eigenvalue weighted by molar-refractivity contribution is -0.142. The van der Waals surface area contributed by atoms with Gasteiger partial charge in [-0.15, -0.1) is 11.3 Å². The van der Waals surface area contributed by atoms with Crippen LogP contribution in [0, 0.1) is 18.8 Å². The molecule has 1 aromatic rings. The van der Waals surface area contributed by atoms with Crippen molar-refractivity contribution >= 4 is 39.1 Å². The van der Waals surface area contributed by atoms with E-state index in [1.807, 2.05) is 20.8 Å². The van der Waals surface area contributed by atoms with Crippen LogP contribution in [0.25, 0.3) is 0 Å². The van der Waals surface area contributed by atoms with Gasteiger partial charge in [-0.2, -0.15) is 0 Å². The number of carboxylic acid groups (broad SMARTS) is 1. The molecule has 0 saturated carbocycles. The van der Waals surface area contributed by atoms with E-state index in [1.54, 1.807) is 6.07 Å². The lowest BCUT2D eigenvalue weighted by atomic mass is 9.97. The lowest BCUT2D eigenvalue weighted by Gasteiger charge is -2.14. The summed E-state index contributed by atoms with van der Waals surface area (Å²) in [5.74, 6) is -1.32. The van der Waals surface area contributed by atoms with Gasteiger partial charge in [-0.25, -0.2) is 0 Å². The van der Waals surface area contributed by atoms with Gasteiger partial charge in [0.2, 0.25) is 0 Å². The van der Waals surface area contributed by atoms with E-state index in [-0.39, 0.29) is 18.4 Å². The summed E-state index contributed by atoms with van der Waals surface area (Å²) in [6.45, 7) is 6.02. The summed E-state index contributed by atoms with van der Waals surface area (Å²) >= 11 is 4.72. The molecule has 1 atom stereocenters. The van der Waals surface area contributed by atoms with E-state index in [0.717, 1.165) is 9.35 Å². The highest BCUT2D eigenvalue weighted by atomic mass is 79.9. The van der Waals surface area contributed by atoms with E-state index >= 15 is 0 Å². The first-order valence-electron chi connectivity index (χ1n) is 6.08. The van der Waals surface area contributed by atoms with E-state index < -0.39 is 11.9 Å². The second-order valence-electron chi connectivity index (χ2n) is 4.94. The van der Waals surface area contributed by atoms with E-state index in [2.05, 4.69) is 21.2 Å². The van der Waals surface area contributed by atoms with Gasteiger partial charge in [0.1, 0.15) is 0 Å². The first-order chi connectivity index (χ1) is 8.81. The summed E-state index contributed by atoms with van der Waals surface area (Å²) in [4.78, 5) is 23.6. The number of amides is 1. The molecule has 1 aromatic heterocycles. The van der Waals surface area contributed by atoms with Crippen LogP contribution in [0.4, 0.5) is 0 Å². The normalized spacial score (nSPS) is 12.5. The van der Waals surface area contributed by atoms with Crippen molar-refractivity contribution in [3.63, 3.8) is 0 Å². The zero-order chi connectivity index (χ0) is 14.6. The molecule has 0 aliphatic heterocycles. The van der Waals surface area contributed by atoms with E-state index in [0.29, 0.717) is 11.3 Å². The third kappa shape index (κ3) is 4.95. The van der Waals surface area contributed by atoms with Crippen LogP contribution in [0.1, 0.15) is 35.5 Å². The Morgan fingerprint density at radius 3 is 2.53 bits per heavy atom. The number of carbonyl (C=O) groups excluding carboxylic acids is 1. The van der Waals surface area contributed by atoms with Crippen LogP contribution >= 0.6 is 27.3 Å². The summed E-state index contributed by atoms with van der Waals surface area (Å²) in [6, 6.07) is 1.79. The standard InChI is InChI=1S/C13H18BrNO3S/c1-7(2)4-9(13(17)18)6-15-12(16)10-5-8(3)11(14)19-10/h5,7,9H,4,6H2,1-3H3,(H,15,16)(H,17,18). The van der Waals surface area contributed by atoms with Gasteiger partial charge in [-0.05, 0) is 46.8 Å². The van der Waals surface area contributed by atoms with Crippen LogP contribution < -0.4 is 5.32 Å². The fraction of sp³-hybridized carbons (Fsp3) is 0.538. The average molecular weight is 348 g/mol. The van der Waals surface area contributed by atoms with Crippen molar-refractivity contribution < 1.29 is 14.7 Å². The molecule has 0 saturated heterocycles. The predicted octanol–water partition coefficient (Wildman–Crippen LogP) is 3.30. The molecule has 4 nitrogen and oxygen atoms in total. The summed E-state index contributed by atoms with van der Waals surface area (Å²) in [7, 11) is 0. The number of nitrogens with one attached hydrogen (secondary N) is 1. The molecule has 0 spiro atoms. The fourth-order valence-electron chi connectivity index (χ4n) is 1.72. The molecular formula is C13H18BrNO3S. The SMILES string of the molecule is Cc1cc(C(=O)NCC(CC(C)C)C(=O)O)sc1Br. The maximum Gasteiger partial charge on any atom is 0.308 e. The van der Waals surface area contributed by atoms with E-state index in [1.165, 1.54) is 11.3 Å². The summed E-state index contributed by atoms with van der Waals surface area (Å²) in [6.07, 6.45) is 0.558. The third-order valence-corrected chi connectivity index (χ3v) is 4.83. The van der Waals surface area contributed by atoms with Crippen molar-refractivity contribution in [3.05, 3.63) is 20.3 Å². The molecule has 19 heavy (non-hydrogen) atoms. The van der Waals surface area contributed by atoms with Crippen LogP contribution in [0.2, 0.25) is 0 Å². The van der Waals surface area contributed by atoms with Crippen molar-refractivity contribution in [1.82, 2.24) is 5.32 Å². The minimum absolute atomic E-state index is 0.168. The number of halogens is 1. The Labute approximate surface area is 125 Å². The number of aliphatic carboxylic acids is 1. The monoisotopic (exact) mass is 347 g/mol. The van der Waals surface area contributed by atoms with Gasteiger partial charge < -0.3 is 10.4 Å². The largest absolute Gasteiger partial charge is 0.481 e. The number of hydrogen-bond donors (Lipinski definition) is 2. The molecule has 1 amide bonds. The Morgan fingerprint density at radius 2 is 2.11 bits per heavy atom. The van der Waals surface area contributed by atoms with Gasteiger partial charge in [0.05, 0.1) is 14.6 Å². The highest BCUT2D eigenvalue weighted by molar-refractivity contribution is 9.11. The Kier molecular flexibility index (Phi) is 6.00. The topological polar surface area (TPSA) is 66.4 Å². The molecule has 0 aliphatic rings. The molecule has 6 heteroatoms. The number of thiophene rings is 1. The van der Waals surface area contributed by atoms with Crippen LogP contribution in [0.5, 0.6) is 0 Å². The first kappa shape index (κ1) is 16.2. The van der Waals surface area contributed by atoms with Gasteiger partial charge in [0.25, 0.3) is 5.91 Å². The molecule has 1 heterocycles. The van der Waals surface area contributed by atoms with Crippen LogP contribution in [0.3, 0.4) is 0 Å². The molecule has 0 fully saturated rings. The van der Waals surface area contributed by atoms with E-state index in [4.69, 9.17) is 5.11 Å². The van der Waals surface area contributed by atoms with Crippen molar-refractivity contribution in [3.8, 4) is 0 Å². The van der Waals surface area contributed by atoms with Crippen molar-refractivity contribution in [1.29, 1.82) is 0 Å². The molecule has 0 bridgehead atoms. The third-order valence-electron chi connectivity index (χ3n) is 2.70. The van der Waals surface area contributed by atoms with Crippen molar-refractivity contribution in [2.45, 2.75) is 27.2 Å². The predicted molar refractivity (Wildman–Crippen MR) is 79.7 cm³/mol. The zero-order valence-electron chi connectivity index (χ0n) is 11.2. The number of rotatable bonds is 6. The zero-order valence-corrected chi connectivity index (χ0v) is 13.6. The molecule has 2 N–H and O–H groups in total. The molecule has 1 unspecified atom stereocenters. The van der Waals surface area contributed by atoms with E-state index in [9.17, 15) is 9.59 Å². The molecule has 106 valence electrons. The maximum absolute atomic E-state index is 11.9. The minimum atomic E-state index is -0.863. The molecular weight excluding hydrogens is 330 g/mol. The summed E-state index contributed by atoms with van der Waals surface area (Å²) < 4.78 is 0.926. The van der Waals surface area contributed by atoms with Crippen LogP contribution in [0.15, 0.2) is 9.85 Å². The highest BCUT2D eigenvalue weighted by Crippen LogP contribution is 2.27. The Bertz CT molecular complexity index is 451. The Morgan fingerprint density at radius 1 is 1.47 bits per heavy atom. The van der Waals surface area contributed by atoms with Crippen LogP contribution in [-0.2, 0) is 4.79 Å². The molecule has 0 radical (unpaired) electrons. The molecule has 0 aliphatic carbocycles. The molecule has 1 rings (SSSR count). The van der Waals surface area contributed by atoms with Gasteiger partial charge >= 0.3 is 5.97 Å². The highest BCUT2D eigenvalue weighted by Gasteiger charge is 2.20. The average Bonchev–Trinajstić information content (AvgIpc) is 2.64. The number of carbonyl (C=O) groups is 2. The van der Waals surface area contributed by atoms with Gasteiger partial charge in [0.15, 0.2) is 0 Å². The number of carboxylic acids is 1. The van der Waals surface area contributed by atoms with Gasteiger partial charge in [-0.3, -0.25) is 9.59 Å². The molecule has 0 aromatic carbocycles. The Balaban J connectivity index is 2.59. The summed E-state index contributed by atoms with van der Waals surface area (Å²) in [5, 5.41) is 11.8. The number of hydrogen-bond acceptors (Lipinski definition) is 3. The second kappa shape index (κ2) is 7.05. The van der Waals surface area contributed by atoms with Gasteiger partial charge in [0, 0.05) is 6.54 Å². The summed E-state index contributed by atoms with van der Waals surface area (Å²) in [5.41, 5.74) is 1.01. The van der Waals surface area contributed by atoms with Crippen molar-refractivity contribution in [2.24, 2.45) is 11.8 Å². The van der Waals surface area contributed by atoms with Gasteiger partial charge in [-0.1, -0.05) is 13.8 Å². The Hall–Kier alpha value is -0.880. The maximum atomic E-state index is 11.9. The van der Waals surface area contributed by atoms with Crippen LogP contribution in [-0.4, -0.2) is 23.5 Å². The lowest BCUT2D eigenvalue weighted by Crippen LogP contribution is -2.33. The minimum Gasteiger partial charge on any atom is -0.481 e. The fourth-order valence-corrected chi connectivity index (χ4v) is 3.17. The second-order valence-corrected chi connectivity index (χ2v) is 7.31. The quantitative estimate of drug-likeness (QED) is 0.829. The number of aryl methyl sites for hydroxylation is 1. The first-order valence-corrected chi connectivity index (χ1v) is 7.69.